The van der Waals surface area contributed by atoms with Gasteiger partial charge in [0, 0.05) is 12.8 Å². The van der Waals surface area contributed by atoms with E-state index in [1.807, 2.05) is 6.08 Å². The fraction of sp³-hybridized carbons (Fsp3) is 0.893. The Morgan fingerprint density at radius 2 is 0.758 bits per heavy atom. The number of hydrogen-bond donors (Lipinski definition) is 3. The van der Waals surface area contributed by atoms with Gasteiger partial charge in [-0.3, -0.25) is 9.59 Å². The summed E-state index contributed by atoms with van der Waals surface area (Å²) < 4.78 is 5.47. The maximum Gasteiger partial charge on any atom is 0.305 e. The van der Waals surface area contributed by atoms with Gasteiger partial charge >= 0.3 is 5.97 Å². The highest BCUT2D eigenvalue weighted by Crippen LogP contribution is 2.16. The van der Waals surface area contributed by atoms with E-state index < -0.39 is 12.1 Å². The predicted octanol–water partition coefficient (Wildman–Crippen LogP) is 16.7. The molecule has 0 aliphatic carbocycles. The van der Waals surface area contributed by atoms with Crippen molar-refractivity contribution < 1.29 is 24.5 Å². The van der Waals surface area contributed by atoms with E-state index in [1.165, 1.54) is 212 Å². The molecule has 0 radical (unpaired) electrons. The summed E-state index contributed by atoms with van der Waals surface area (Å²) in [6.45, 7) is 4.85. The molecule has 2 atom stereocenters. The highest BCUT2D eigenvalue weighted by Gasteiger charge is 2.18. The van der Waals surface area contributed by atoms with Crippen molar-refractivity contribution in [1.82, 2.24) is 5.32 Å². The summed E-state index contributed by atoms with van der Waals surface area (Å²) in [5.41, 5.74) is 0. The Hall–Kier alpha value is -1.66. The number of aliphatic hydroxyl groups excluding tert-OH is 2. The average Bonchev–Trinajstić information content (AvgIpc) is 3.27. The van der Waals surface area contributed by atoms with Gasteiger partial charge in [0.25, 0.3) is 0 Å². The molecule has 6 nitrogen and oxygen atoms in total. The van der Waals surface area contributed by atoms with Crippen molar-refractivity contribution in [3.05, 3.63) is 24.3 Å². The third kappa shape index (κ3) is 47.8. The van der Waals surface area contributed by atoms with Crippen LogP contribution in [0.25, 0.3) is 0 Å². The fourth-order valence-corrected chi connectivity index (χ4v) is 8.45. The molecule has 6 heteroatoms. The number of amides is 1. The molecule has 3 N–H and O–H groups in total. The Morgan fingerprint density at radius 3 is 1.15 bits per heavy atom. The first kappa shape index (κ1) is 60.3. The molecule has 0 saturated heterocycles. The molecule has 0 aromatic rings. The first-order chi connectivity index (χ1) is 30.5. The maximum absolute atomic E-state index is 12.4. The number of rotatable bonds is 51. The first-order valence-electron chi connectivity index (χ1n) is 27.6. The molecular weight excluding hydrogens is 767 g/mol. The van der Waals surface area contributed by atoms with Gasteiger partial charge in [-0.25, -0.2) is 0 Å². The van der Waals surface area contributed by atoms with Gasteiger partial charge in [-0.1, -0.05) is 250 Å². The highest BCUT2D eigenvalue weighted by molar-refractivity contribution is 5.76. The minimum Gasteiger partial charge on any atom is -0.466 e. The summed E-state index contributed by atoms with van der Waals surface area (Å²) in [5, 5.41) is 23.1. The van der Waals surface area contributed by atoms with Crippen molar-refractivity contribution in [2.45, 2.75) is 309 Å². The van der Waals surface area contributed by atoms with Crippen LogP contribution in [0.3, 0.4) is 0 Å². The largest absolute Gasteiger partial charge is 0.466 e. The van der Waals surface area contributed by atoms with Crippen molar-refractivity contribution in [3.8, 4) is 0 Å². The normalized spacial score (nSPS) is 12.8. The molecule has 0 aliphatic heterocycles. The minimum atomic E-state index is -0.862. The van der Waals surface area contributed by atoms with Gasteiger partial charge in [0.2, 0.25) is 5.91 Å². The molecule has 2 unspecified atom stereocenters. The lowest BCUT2D eigenvalue weighted by atomic mass is 10.0. The van der Waals surface area contributed by atoms with Crippen LogP contribution in [0.15, 0.2) is 24.3 Å². The number of aliphatic hydroxyl groups is 2. The third-order valence-electron chi connectivity index (χ3n) is 12.7. The lowest BCUT2D eigenvalue weighted by Gasteiger charge is -2.20. The van der Waals surface area contributed by atoms with Crippen molar-refractivity contribution >= 4 is 11.9 Å². The number of nitrogens with one attached hydrogen (secondary N) is 1. The topological polar surface area (TPSA) is 95.9 Å². The lowest BCUT2D eigenvalue weighted by molar-refractivity contribution is -0.143. The van der Waals surface area contributed by atoms with Crippen LogP contribution in [0.5, 0.6) is 0 Å². The van der Waals surface area contributed by atoms with Crippen LogP contribution in [-0.2, 0) is 14.3 Å². The van der Waals surface area contributed by atoms with Crippen LogP contribution in [0, 0.1) is 0 Å². The summed E-state index contributed by atoms with van der Waals surface area (Å²) in [5.74, 6) is -0.121. The van der Waals surface area contributed by atoms with E-state index in [0.29, 0.717) is 19.4 Å². The summed E-state index contributed by atoms with van der Waals surface area (Å²) in [7, 11) is 0. The molecule has 0 spiro atoms. The molecule has 0 fully saturated rings. The summed E-state index contributed by atoms with van der Waals surface area (Å²) in [6.07, 6.45) is 61.8. The number of ether oxygens (including phenoxy) is 1. The van der Waals surface area contributed by atoms with Crippen molar-refractivity contribution in [3.63, 3.8) is 0 Å². The van der Waals surface area contributed by atoms with Crippen LogP contribution in [0.4, 0.5) is 0 Å². The van der Waals surface area contributed by atoms with E-state index in [0.717, 1.165) is 57.8 Å². The zero-order valence-corrected chi connectivity index (χ0v) is 41.6. The number of carbonyl (C=O) groups is 2. The van der Waals surface area contributed by atoms with Crippen LogP contribution >= 0.6 is 0 Å². The molecule has 0 aromatic heterocycles. The van der Waals surface area contributed by atoms with Crippen LogP contribution in [0.2, 0.25) is 0 Å². The number of hydrogen-bond acceptors (Lipinski definition) is 5. The van der Waals surface area contributed by atoms with Crippen LogP contribution < -0.4 is 5.32 Å². The first-order valence-corrected chi connectivity index (χ1v) is 27.6. The predicted molar refractivity (Wildman–Crippen MR) is 269 cm³/mol. The molecule has 0 rings (SSSR count). The zero-order chi connectivity index (χ0) is 45.1. The lowest BCUT2D eigenvalue weighted by Crippen LogP contribution is -2.45. The SMILES string of the molecule is CCCCCCCC/C=C\CCCCCCCCCCCC(=O)OCCCCCCCCCCCC(=O)NC(CO)C(O)/C=C/CCCCCCCCCCCCCCCCC. The highest BCUT2D eigenvalue weighted by atomic mass is 16.5. The molecule has 0 aliphatic rings. The number of unbranched alkanes of at least 4 members (excludes halogenated alkanes) is 38. The molecule has 0 saturated carbocycles. The Labute approximate surface area is 386 Å². The van der Waals surface area contributed by atoms with Crippen molar-refractivity contribution in [1.29, 1.82) is 0 Å². The van der Waals surface area contributed by atoms with Gasteiger partial charge in [-0.15, -0.1) is 0 Å². The maximum atomic E-state index is 12.4. The molecule has 0 heterocycles. The monoisotopic (exact) mass is 874 g/mol. The summed E-state index contributed by atoms with van der Waals surface area (Å²) in [6, 6.07) is -0.648. The number of esters is 1. The standard InChI is InChI=1S/C56H107NO5/c1-3-5-7-9-11-13-15-17-19-21-22-24-26-28-30-34-38-42-46-50-56(61)62-51-47-43-39-35-31-33-37-41-45-49-55(60)57-53(52-58)54(59)48-44-40-36-32-29-27-25-23-20-18-16-14-12-10-8-6-4-2/h17,19,44,48,53-54,58-59H,3-16,18,20-43,45-47,49-52H2,1-2H3,(H,57,60)/b19-17-,48-44+. The summed E-state index contributed by atoms with van der Waals surface area (Å²) >= 11 is 0. The van der Waals surface area contributed by atoms with Gasteiger partial charge in [-0.05, 0) is 57.8 Å². The second kappa shape index (κ2) is 52.0. The van der Waals surface area contributed by atoms with E-state index in [1.54, 1.807) is 6.08 Å². The van der Waals surface area contributed by atoms with Gasteiger partial charge in [0.1, 0.15) is 0 Å². The molecule has 366 valence electrons. The zero-order valence-electron chi connectivity index (χ0n) is 41.6. The number of carbonyl (C=O) groups excluding carboxylic acids is 2. The van der Waals surface area contributed by atoms with Gasteiger partial charge < -0.3 is 20.3 Å². The molecule has 62 heavy (non-hydrogen) atoms. The smallest absolute Gasteiger partial charge is 0.305 e. The number of allylic oxidation sites excluding steroid dienone is 3. The van der Waals surface area contributed by atoms with Gasteiger partial charge in [0.05, 0.1) is 25.4 Å². The van der Waals surface area contributed by atoms with Crippen molar-refractivity contribution in [2.24, 2.45) is 0 Å². The summed E-state index contributed by atoms with van der Waals surface area (Å²) in [4.78, 5) is 24.5. The Morgan fingerprint density at radius 1 is 0.435 bits per heavy atom. The van der Waals surface area contributed by atoms with E-state index in [9.17, 15) is 19.8 Å². The Kier molecular flexibility index (Phi) is 50.6. The molecule has 1 amide bonds. The van der Waals surface area contributed by atoms with Crippen LogP contribution in [-0.4, -0.2) is 47.4 Å². The second-order valence-corrected chi connectivity index (χ2v) is 18.9. The van der Waals surface area contributed by atoms with E-state index in [-0.39, 0.29) is 18.5 Å². The quantitative estimate of drug-likeness (QED) is 0.0321. The van der Waals surface area contributed by atoms with Gasteiger partial charge in [-0.2, -0.15) is 0 Å². The Bertz CT molecular complexity index is 966. The Balaban J connectivity index is 3.50. The molecule has 0 aromatic carbocycles. The van der Waals surface area contributed by atoms with E-state index in [4.69, 9.17) is 4.74 Å². The average molecular weight is 874 g/mol. The van der Waals surface area contributed by atoms with E-state index in [2.05, 4.69) is 31.3 Å². The fourth-order valence-electron chi connectivity index (χ4n) is 8.45. The van der Waals surface area contributed by atoms with Crippen molar-refractivity contribution in [2.75, 3.05) is 13.2 Å². The third-order valence-corrected chi connectivity index (χ3v) is 12.7. The molecule has 0 bridgehead atoms. The van der Waals surface area contributed by atoms with Gasteiger partial charge in [0.15, 0.2) is 0 Å². The van der Waals surface area contributed by atoms with Crippen LogP contribution in [0.1, 0.15) is 296 Å². The second-order valence-electron chi connectivity index (χ2n) is 18.9. The minimum absolute atomic E-state index is 0.0275. The van der Waals surface area contributed by atoms with E-state index >= 15 is 0 Å². The molecular formula is C56H107NO5.